The normalized spacial score (nSPS) is 13.1. The van der Waals surface area contributed by atoms with Gasteiger partial charge in [0.15, 0.2) is 0 Å². The molecule has 0 aromatic heterocycles. The summed E-state index contributed by atoms with van der Waals surface area (Å²) in [6.07, 6.45) is 1.17. The van der Waals surface area contributed by atoms with Gasteiger partial charge in [-0.2, -0.15) is 0 Å². The average molecular weight is 182 g/mol. The summed E-state index contributed by atoms with van der Waals surface area (Å²) in [5.74, 6) is 0. The number of hydrogen-bond acceptors (Lipinski definition) is 0. The zero-order valence-corrected chi connectivity index (χ0v) is 8.94. The molecule has 0 heteroatoms. The van der Waals surface area contributed by atoms with Crippen LogP contribution in [0, 0.1) is 20.8 Å². The van der Waals surface area contributed by atoms with Gasteiger partial charge in [-0.3, -0.25) is 0 Å². The molecule has 0 saturated heterocycles. The molecule has 4 bridgehead atoms. The highest BCUT2D eigenvalue weighted by Crippen LogP contribution is 2.46. The van der Waals surface area contributed by atoms with E-state index < -0.39 is 0 Å². The van der Waals surface area contributed by atoms with E-state index in [4.69, 9.17) is 0 Å². The van der Waals surface area contributed by atoms with Gasteiger partial charge in [-0.15, -0.1) is 0 Å². The third kappa shape index (κ3) is 0.747. The minimum atomic E-state index is 1.17. The maximum absolute atomic E-state index is 2.27. The van der Waals surface area contributed by atoms with Crippen LogP contribution in [0.25, 0.3) is 11.1 Å². The molecule has 0 unspecified atom stereocenters. The van der Waals surface area contributed by atoms with E-state index in [0.29, 0.717) is 0 Å². The van der Waals surface area contributed by atoms with E-state index in [1.807, 2.05) is 0 Å². The Morgan fingerprint density at radius 3 is 2.50 bits per heavy atom. The monoisotopic (exact) mass is 182 g/mol. The maximum atomic E-state index is 2.27. The molecule has 3 aliphatic carbocycles. The lowest BCUT2D eigenvalue weighted by atomic mass is 9.97. The van der Waals surface area contributed by atoms with Crippen molar-refractivity contribution in [2.24, 2.45) is 0 Å². The van der Waals surface area contributed by atoms with Crippen molar-refractivity contribution < 1.29 is 0 Å². The first kappa shape index (κ1) is 8.05. The van der Waals surface area contributed by atoms with Crippen molar-refractivity contribution >= 4 is 0 Å². The van der Waals surface area contributed by atoms with Crippen molar-refractivity contribution in [3.8, 4) is 11.1 Å². The Hall–Kier alpha value is -1.30. The molecular weight excluding hydrogens is 168 g/mol. The van der Waals surface area contributed by atoms with Gasteiger partial charge in [0.2, 0.25) is 0 Å². The van der Waals surface area contributed by atoms with E-state index in [2.05, 4.69) is 39.0 Å². The zero-order chi connectivity index (χ0) is 9.87. The summed E-state index contributed by atoms with van der Waals surface area (Å²) in [5.41, 5.74) is 10.6. The summed E-state index contributed by atoms with van der Waals surface area (Å²) < 4.78 is 0. The van der Waals surface area contributed by atoms with Gasteiger partial charge in [0, 0.05) is 0 Å². The molecule has 0 aliphatic heterocycles. The van der Waals surface area contributed by atoms with Crippen LogP contribution >= 0.6 is 0 Å². The molecule has 0 nitrogen and oxygen atoms in total. The molecule has 0 fully saturated rings. The SMILES string of the molecule is Cc1cccc2c3c(C)c(C)c-2c1C3. The Labute approximate surface area is 84.9 Å². The Kier molecular flexibility index (Phi) is 1.37. The first-order valence-corrected chi connectivity index (χ1v) is 5.20. The second-order valence-corrected chi connectivity index (χ2v) is 4.38. The molecule has 3 rings (SSSR count). The van der Waals surface area contributed by atoms with Gasteiger partial charge in [-0.1, -0.05) is 18.2 Å². The third-order valence-electron chi connectivity index (χ3n) is 3.73. The number of aryl methyl sites for hydroxylation is 1. The molecule has 0 amide bonds. The fourth-order valence-corrected chi connectivity index (χ4v) is 2.76. The lowest BCUT2D eigenvalue weighted by Gasteiger charge is -2.07. The predicted octanol–water partition coefficient (Wildman–Crippen LogP) is 3.62. The second-order valence-electron chi connectivity index (χ2n) is 4.38. The second kappa shape index (κ2) is 2.38. The molecule has 70 valence electrons. The molecule has 0 aromatic rings. The average Bonchev–Trinajstić information content (AvgIpc) is 2.55. The van der Waals surface area contributed by atoms with Crippen LogP contribution in [-0.2, 0) is 6.42 Å². The Morgan fingerprint density at radius 1 is 0.929 bits per heavy atom. The lowest BCUT2D eigenvalue weighted by molar-refractivity contribution is 1.15. The van der Waals surface area contributed by atoms with Gasteiger partial charge in [-0.05, 0) is 66.1 Å². The van der Waals surface area contributed by atoms with Crippen LogP contribution in [0.1, 0.15) is 27.8 Å². The largest absolute Gasteiger partial charge is 0.0614 e. The van der Waals surface area contributed by atoms with E-state index in [0.717, 1.165) is 0 Å². The van der Waals surface area contributed by atoms with E-state index in [9.17, 15) is 0 Å². The summed E-state index contributed by atoms with van der Waals surface area (Å²) in [5, 5.41) is 0. The highest BCUT2D eigenvalue weighted by Gasteiger charge is 2.27. The Morgan fingerprint density at radius 2 is 1.71 bits per heavy atom. The van der Waals surface area contributed by atoms with Crippen LogP contribution in [0.5, 0.6) is 0 Å². The summed E-state index contributed by atoms with van der Waals surface area (Å²) >= 11 is 0. The molecule has 3 aliphatic rings. The highest BCUT2D eigenvalue weighted by molar-refractivity contribution is 5.86. The van der Waals surface area contributed by atoms with Crippen molar-refractivity contribution in [1.82, 2.24) is 0 Å². The van der Waals surface area contributed by atoms with Crippen LogP contribution in [0.4, 0.5) is 0 Å². The van der Waals surface area contributed by atoms with Gasteiger partial charge in [0.25, 0.3) is 0 Å². The molecule has 0 N–H and O–H groups in total. The minimum Gasteiger partial charge on any atom is -0.0614 e. The maximum Gasteiger partial charge on any atom is -0.000799 e. The van der Waals surface area contributed by atoms with Crippen LogP contribution in [0.3, 0.4) is 0 Å². The molecular formula is C14H14. The van der Waals surface area contributed by atoms with Crippen molar-refractivity contribution in [3.05, 3.63) is 46.0 Å². The highest BCUT2D eigenvalue weighted by atomic mass is 14.3. The van der Waals surface area contributed by atoms with Crippen LogP contribution < -0.4 is 0 Å². The zero-order valence-electron chi connectivity index (χ0n) is 8.94. The van der Waals surface area contributed by atoms with Crippen molar-refractivity contribution in [2.75, 3.05) is 0 Å². The summed E-state index contributed by atoms with van der Waals surface area (Å²) in [6.45, 7) is 6.73. The van der Waals surface area contributed by atoms with E-state index in [1.54, 1.807) is 11.1 Å². The molecule has 14 heavy (non-hydrogen) atoms. The van der Waals surface area contributed by atoms with Gasteiger partial charge < -0.3 is 0 Å². The van der Waals surface area contributed by atoms with E-state index in [1.165, 1.54) is 34.2 Å². The van der Waals surface area contributed by atoms with Crippen LogP contribution in [-0.4, -0.2) is 0 Å². The summed E-state index contributed by atoms with van der Waals surface area (Å²) in [7, 11) is 0. The first-order valence-electron chi connectivity index (χ1n) is 5.20. The number of hydrogen-bond donors (Lipinski definition) is 0. The van der Waals surface area contributed by atoms with Gasteiger partial charge in [0.1, 0.15) is 0 Å². The van der Waals surface area contributed by atoms with Crippen molar-refractivity contribution in [1.29, 1.82) is 0 Å². The minimum absolute atomic E-state index is 1.17. The molecule has 0 spiro atoms. The lowest BCUT2D eigenvalue weighted by Crippen LogP contribution is -1.92. The topological polar surface area (TPSA) is 0 Å². The van der Waals surface area contributed by atoms with Gasteiger partial charge in [0.05, 0.1) is 0 Å². The molecule has 0 aromatic carbocycles. The molecule has 0 heterocycles. The Balaban J connectivity index is 2.55. The van der Waals surface area contributed by atoms with Crippen molar-refractivity contribution in [2.45, 2.75) is 27.2 Å². The quantitative estimate of drug-likeness (QED) is 0.498. The summed E-state index contributed by atoms with van der Waals surface area (Å²) in [6, 6.07) is 6.68. The fourth-order valence-electron chi connectivity index (χ4n) is 2.76. The van der Waals surface area contributed by atoms with Crippen LogP contribution in [0.15, 0.2) is 18.2 Å². The van der Waals surface area contributed by atoms with Gasteiger partial charge in [-0.25, -0.2) is 0 Å². The van der Waals surface area contributed by atoms with Crippen molar-refractivity contribution in [3.63, 3.8) is 0 Å². The van der Waals surface area contributed by atoms with Gasteiger partial charge >= 0.3 is 0 Å². The predicted molar refractivity (Wildman–Crippen MR) is 60.1 cm³/mol. The molecule has 0 radical (unpaired) electrons. The van der Waals surface area contributed by atoms with Crippen LogP contribution in [0.2, 0.25) is 0 Å². The Bertz CT molecular complexity index is 506. The smallest absolute Gasteiger partial charge is 0.000799 e. The fraction of sp³-hybridized carbons (Fsp3) is 0.286. The summed E-state index contributed by atoms with van der Waals surface area (Å²) in [4.78, 5) is 0. The molecule has 0 atom stereocenters. The van der Waals surface area contributed by atoms with E-state index >= 15 is 0 Å². The number of rotatable bonds is 0. The molecule has 0 saturated carbocycles. The van der Waals surface area contributed by atoms with E-state index in [-0.39, 0.29) is 0 Å². The first-order chi connectivity index (χ1) is 6.70. The standard InChI is InChI=1S/C14H14/c1-8-5-4-6-11-13-7-12(8)14(11)10(3)9(13)2/h4-6H,7H2,1-3H3. The third-order valence-corrected chi connectivity index (χ3v) is 3.73.